The second-order valence-electron chi connectivity index (χ2n) is 6.63. The number of nitriles is 1. The maximum Gasteiger partial charge on any atom is 0.253 e. The Labute approximate surface area is 149 Å². The fraction of sp³-hybridized carbons (Fsp3) is 0.333. The molecule has 0 aromatic heterocycles. The number of likely N-dealkylation sites (tertiary alicyclic amines) is 1. The Morgan fingerprint density at radius 2 is 1.92 bits per heavy atom. The van der Waals surface area contributed by atoms with Gasteiger partial charge in [0.15, 0.2) is 0 Å². The molecule has 3 rings (SSSR count). The number of aryl methyl sites for hydroxylation is 1. The number of carbonyl (C=O) groups excluding carboxylic acids is 1. The smallest absolute Gasteiger partial charge is 0.253 e. The van der Waals surface area contributed by atoms with Crippen molar-refractivity contribution in [2.24, 2.45) is 0 Å². The standard InChI is InChI=1S/C21H23N3O/c1-16-5-7-19(8-6-16)21(25)24-11-9-20(10-12-24)23-15-18-4-2-3-17(13-18)14-22/h2-8,13,20,23H,9-12,15H2,1H3. The normalized spacial score (nSPS) is 15.0. The summed E-state index contributed by atoms with van der Waals surface area (Å²) in [5.41, 5.74) is 3.75. The number of benzene rings is 2. The monoisotopic (exact) mass is 333 g/mol. The number of carbonyl (C=O) groups is 1. The fourth-order valence-electron chi connectivity index (χ4n) is 3.18. The lowest BCUT2D eigenvalue weighted by Crippen LogP contribution is -2.44. The Balaban J connectivity index is 1.49. The van der Waals surface area contributed by atoms with Gasteiger partial charge in [0.1, 0.15) is 0 Å². The Bertz CT molecular complexity index is 768. The van der Waals surface area contributed by atoms with Gasteiger partial charge in [0.25, 0.3) is 5.91 Å². The van der Waals surface area contributed by atoms with E-state index >= 15 is 0 Å². The molecule has 2 aromatic rings. The van der Waals surface area contributed by atoms with Gasteiger partial charge in [-0.1, -0.05) is 29.8 Å². The largest absolute Gasteiger partial charge is 0.339 e. The van der Waals surface area contributed by atoms with E-state index < -0.39 is 0 Å². The van der Waals surface area contributed by atoms with Crippen LogP contribution in [-0.2, 0) is 6.54 Å². The molecule has 1 fully saturated rings. The average molecular weight is 333 g/mol. The zero-order valence-corrected chi connectivity index (χ0v) is 14.5. The average Bonchev–Trinajstić information content (AvgIpc) is 2.67. The highest BCUT2D eigenvalue weighted by Crippen LogP contribution is 2.15. The van der Waals surface area contributed by atoms with E-state index in [1.807, 2.05) is 60.4 Å². The molecule has 4 heteroatoms. The van der Waals surface area contributed by atoms with E-state index in [2.05, 4.69) is 11.4 Å². The second kappa shape index (κ2) is 7.96. The first-order chi connectivity index (χ1) is 12.2. The predicted octanol–water partition coefficient (Wildman–Crippen LogP) is 3.26. The highest BCUT2D eigenvalue weighted by Gasteiger charge is 2.23. The predicted molar refractivity (Wildman–Crippen MR) is 98.1 cm³/mol. The summed E-state index contributed by atoms with van der Waals surface area (Å²) in [6, 6.07) is 18.0. The lowest BCUT2D eigenvalue weighted by atomic mass is 10.0. The number of nitrogens with one attached hydrogen (secondary N) is 1. The van der Waals surface area contributed by atoms with Crippen LogP contribution in [0.4, 0.5) is 0 Å². The number of nitrogens with zero attached hydrogens (tertiary/aromatic N) is 2. The van der Waals surface area contributed by atoms with Crippen molar-refractivity contribution in [2.75, 3.05) is 13.1 Å². The Hall–Kier alpha value is -2.64. The third-order valence-corrected chi connectivity index (χ3v) is 4.73. The van der Waals surface area contributed by atoms with Crippen LogP contribution in [0.15, 0.2) is 48.5 Å². The first kappa shape index (κ1) is 17.2. The van der Waals surface area contributed by atoms with Gasteiger partial charge >= 0.3 is 0 Å². The molecule has 0 saturated carbocycles. The molecular weight excluding hydrogens is 310 g/mol. The summed E-state index contributed by atoms with van der Waals surface area (Å²) < 4.78 is 0. The second-order valence-corrected chi connectivity index (χ2v) is 6.63. The molecule has 0 atom stereocenters. The van der Waals surface area contributed by atoms with Gasteiger partial charge in [-0.05, 0) is 49.6 Å². The van der Waals surface area contributed by atoms with E-state index in [1.54, 1.807) is 0 Å². The SMILES string of the molecule is Cc1ccc(C(=O)N2CCC(NCc3cccc(C#N)c3)CC2)cc1. The van der Waals surface area contributed by atoms with Crippen LogP contribution in [0.5, 0.6) is 0 Å². The van der Waals surface area contributed by atoms with E-state index in [1.165, 1.54) is 5.56 Å². The van der Waals surface area contributed by atoms with E-state index in [9.17, 15) is 4.79 Å². The van der Waals surface area contributed by atoms with Crippen LogP contribution in [0.3, 0.4) is 0 Å². The molecule has 0 bridgehead atoms. The molecule has 0 radical (unpaired) electrons. The summed E-state index contributed by atoms with van der Waals surface area (Å²) in [7, 11) is 0. The van der Waals surface area contributed by atoms with Crippen LogP contribution in [-0.4, -0.2) is 29.9 Å². The molecule has 4 nitrogen and oxygen atoms in total. The van der Waals surface area contributed by atoms with Crippen molar-refractivity contribution in [1.29, 1.82) is 5.26 Å². The van der Waals surface area contributed by atoms with Crippen molar-refractivity contribution in [1.82, 2.24) is 10.2 Å². The van der Waals surface area contributed by atoms with Crippen LogP contribution in [0.25, 0.3) is 0 Å². The highest BCUT2D eigenvalue weighted by molar-refractivity contribution is 5.94. The molecule has 1 aliphatic heterocycles. The van der Waals surface area contributed by atoms with Gasteiger partial charge in [-0.25, -0.2) is 0 Å². The van der Waals surface area contributed by atoms with Crippen molar-refractivity contribution in [3.8, 4) is 6.07 Å². The number of rotatable bonds is 4. The van der Waals surface area contributed by atoms with Crippen molar-refractivity contribution in [2.45, 2.75) is 32.4 Å². The summed E-state index contributed by atoms with van der Waals surface area (Å²) >= 11 is 0. The zero-order valence-electron chi connectivity index (χ0n) is 14.5. The maximum atomic E-state index is 12.5. The molecule has 128 valence electrons. The van der Waals surface area contributed by atoms with Gasteiger partial charge in [-0.3, -0.25) is 4.79 Å². The van der Waals surface area contributed by atoms with E-state index in [0.29, 0.717) is 11.6 Å². The molecule has 0 aliphatic carbocycles. The van der Waals surface area contributed by atoms with Gasteiger partial charge in [0.2, 0.25) is 0 Å². The fourth-order valence-corrected chi connectivity index (χ4v) is 3.18. The first-order valence-electron chi connectivity index (χ1n) is 8.74. The van der Waals surface area contributed by atoms with Crippen molar-refractivity contribution >= 4 is 5.91 Å². The van der Waals surface area contributed by atoms with Gasteiger partial charge in [0.05, 0.1) is 11.6 Å². The summed E-state index contributed by atoms with van der Waals surface area (Å²) in [6.07, 6.45) is 1.91. The summed E-state index contributed by atoms with van der Waals surface area (Å²) in [5, 5.41) is 12.5. The highest BCUT2D eigenvalue weighted by atomic mass is 16.2. The quantitative estimate of drug-likeness (QED) is 0.934. The lowest BCUT2D eigenvalue weighted by Gasteiger charge is -2.32. The summed E-state index contributed by atoms with van der Waals surface area (Å²) in [6.45, 7) is 4.34. The molecule has 1 heterocycles. The third-order valence-electron chi connectivity index (χ3n) is 4.73. The minimum Gasteiger partial charge on any atom is -0.339 e. The first-order valence-corrected chi connectivity index (χ1v) is 8.74. The van der Waals surface area contributed by atoms with Gasteiger partial charge in [0, 0.05) is 31.2 Å². The molecule has 2 aromatic carbocycles. The topological polar surface area (TPSA) is 56.1 Å². The number of amides is 1. The molecule has 1 aliphatic rings. The molecule has 1 saturated heterocycles. The molecule has 25 heavy (non-hydrogen) atoms. The number of hydrogen-bond acceptors (Lipinski definition) is 3. The number of piperidine rings is 1. The van der Waals surface area contributed by atoms with Gasteiger partial charge < -0.3 is 10.2 Å². The molecule has 1 amide bonds. The maximum absolute atomic E-state index is 12.5. The van der Waals surface area contributed by atoms with E-state index in [0.717, 1.165) is 43.6 Å². The zero-order chi connectivity index (χ0) is 17.6. The Morgan fingerprint density at radius 1 is 1.20 bits per heavy atom. The van der Waals surface area contributed by atoms with Crippen molar-refractivity contribution in [3.05, 3.63) is 70.8 Å². The Kier molecular flexibility index (Phi) is 5.47. The molecule has 0 spiro atoms. The van der Waals surface area contributed by atoms with Crippen LogP contribution in [0.2, 0.25) is 0 Å². The van der Waals surface area contributed by atoms with Crippen LogP contribution in [0.1, 0.15) is 39.9 Å². The molecular formula is C21H23N3O. The van der Waals surface area contributed by atoms with Crippen molar-refractivity contribution < 1.29 is 4.79 Å². The third kappa shape index (κ3) is 4.46. The summed E-state index contributed by atoms with van der Waals surface area (Å²) in [4.78, 5) is 14.5. The van der Waals surface area contributed by atoms with Gasteiger partial charge in [-0.15, -0.1) is 0 Å². The van der Waals surface area contributed by atoms with E-state index in [-0.39, 0.29) is 5.91 Å². The number of hydrogen-bond donors (Lipinski definition) is 1. The van der Waals surface area contributed by atoms with Crippen LogP contribution in [0, 0.1) is 18.3 Å². The lowest BCUT2D eigenvalue weighted by molar-refractivity contribution is 0.0704. The minimum absolute atomic E-state index is 0.125. The molecule has 1 N–H and O–H groups in total. The van der Waals surface area contributed by atoms with Crippen LogP contribution < -0.4 is 5.32 Å². The van der Waals surface area contributed by atoms with Gasteiger partial charge in [-0.2, -0.15) is 5.26 Å². The van der Waals surface area contributed by atoms with Crippen LogP contribution >= 0.6 is 0 Å². The van der Waals surface area contributed by atoms with E-state index in [4.69, 9.17) is 5.26 Å². The summed E-state index contributed by atoms with van der Waals surface area (Å²) in [5.74, 6) is 0.125. The Morgan fingerprint density at radius 3 is 2.60 bits per heavy atom. The minimum atomic E-state index is 0.125. The van der Waals surface area contributed by atoms with Crippen molar-refractivity contribution in [3.63, 3.8) is 0 Å². The molecule has 0 unspecified atom stereocenters.